The van der Waals surface area contributed by atoms with Crippen LogP contribution < -0.4 is 30.6 Å². The number of nitrogens with two attached hydrogens (primary N) is 1. The van der Waals surface area contributed by atoms with Crippen LogP contribution in [0.2, 0.25) is 0 Å². The molecular weight excluding hydrogens is 440 g/mol. The molecule has 1 heterocycles. The zero-order chi connectivity index (χ0) is 23.9. The number of rotatable bonds is 7. The molecule has 0 radical (unpaired) electrons. The molecule has 7 heteroatoms. The first kappa shape index (κ1) is 23.1. The SMILES string of the molecule is N[C@H]1CCCC[C@@H]1NC(=NCc1ccc2c(c1)OCO2)Nc1ccc(OCc2ccccc2)cc1. The van der Waals surface area contributed by atoms with Gasteiger partial charge in [0.25, 0.3) is 0 Å². The highest BCUT2D eigenvalue weighted by Gasteiger charge is 2.23. The lowest BCUT2D eigenvalue weighted by Gasteiger charge is -2.30. The molecule has 2 aliphatic rings. The van der Waals surface area contributed by atoms with Gasteiger partial charge in [-0.1, -0.05) is 49.2 Å². The van der Waals surface area contributed by atoms with Crippen LogP contribution in [0.1, 0.15) is 36.8 Å². The first-order valence-corrected chi connectivity index (χ1v) is 12.2. The van der Waals surface area contributed by atoms with E-state index >= 15 is 0 Å². The fourth-order valence-electron chi connectivity index (χ4n) is 4.36. The van der Waals surface area contributed by atoms with Crippen molar-refractivity contribution in [3.8, 4) is 17.2 Å². The lowest BCUT2D eigenvalue weighted by atomic mass is 9.91. The molecule has 0 amide bonds. The second-order valence-corrected chi connectivity index (χ2v) is 8.98. The van der Waals surface area contributed by atoms with Crippen molar-refractivity contribution in [1.82, 2.24) is 5.32 Å². The first-order valence-electron chi connectivity index (χ1n) is 12.2. The minimum absolute atomic E-state index is 0.120. The van der Waals surface area contributed by atoms with Crippen molar-refractivity contribution in [3.63, 3.8) is 0 Å². The zero-order valence-electron chi connectivity index (χ0n) is 19.8. The largest absolute Gasteiger partial charge is 0.489 e. The Hall–Kier alpha value is -3.71. The number of hydrogen-bond acceptors (Lipinski definition) is 5. The minimum atomic E-state index is 0.120. The Morgan fingerprint density at radius 3 is 2.54 bits per heavy atom. The lowest BCUT2D eigenvalue weighted by molar-refractivity contribution is 0.174. The number of guanidine groups is 1. The molecule has 3 aromatic carbocycles. The van der Waals surface area contributed by atoms with E-state index in [0.717, 1.165) is 46.9 Å². The minimum Gasteiger partial charge on any atom is -0.489 e. The van der Waals surface area contributed by atoms with Crippen LogP contribution in [0, 0.1) is 0 Å². The molecule has 0 aromatic heterocycles. The van der Waals surface area contributed by atoms with Crippen molar-refractivity contribution in [2.24, 2.45) is 10.7 Å². The molecule has 7 nitrogen and oxygen atoms in total. The maximum Gasteiger partial charge on any atom is 0.231 e. The summed E-state index contributed by atoms with van der Waals surface area (Å²) in [6.07, 6.45) is 4.42. The van der Waals surface area contributed by atoms with E-state index in [-0.39, 0.29) is 18.9 Å². The Labute approximate surface area is 206 Å². The highest BCUT2D eigenvalue weighted by Crippen LogP contribution is 2.32. The molecular formula is C28H32N4O3. The van der Waals surface area contributed by atoms with Crippen LogP contribution in [-0.4, -0.2) is 24.8 Å². The van der Waals surface area contributed by atoms with E-state index in [1.54, 1.807) is 0 Å². The van der Waals surface area contributed by atoms with Gasteiger partial charge in [0.1, 0.15) is 12.4 Å². The van der Waals surface area contributed by atoms with Crippen LogP contribution in [0.4, 0.5) is 5.69 Å². The Kier molecular flexibility index (Phi) is 7.34. The number of ether oxygens (including phenoxy) is 3. The highest BCUT2D eigenvalue weighted by molar-refractivity contribution is 5.94. The summed E-state index contributed by atoms with van der Waals surface area (Å²) in [4.78, 5) is 4.85. The second kappa shape index (κ2) is 11.1. The molecule has 1 aliphatic heterocycles. The molecule has 1 fully saturated rings. The van der Waals surface area contributed by atoms with Gasteiger partial charge in [-0.3, -0.25) is 0 Å². The predicted octanol–water partition coefficient (Wildman–Crippen LogP) is 4.82. The maximum absolute atomic E-state index is 6.40. The summed E-state index contributed by atoms with van der Waals surface area (Å²) in [6.45, 7) is 1.31. The number of nitrogens with one attached hydrogen (secondary N) is 2. The summed E-state index contributed by atoms with van der Waals surface area (Å²) in [5.74, 6) is 3.07. The third-order valence-electron chi connectivity index (χ3n) is 6.36. The molecule has 35 heavy (non-hydrogen) atoms. The van der Waals surface area contributed by atoms with Gasteiger partial charge in [-0.05, 0) is 60.4 Å². The van der Waals surface area contributed by atoms with E-state index in [1.165, 1.54) is 12.8 Å². The van der Waals surface area contributed by atoms with Gasteiger partial charge < -0.3 is 30.6 Å². The predicted molar refractivity (Wildman–Crippen MR) is 138 cm³/mol. The van der Waals surface area contributed by atoms with Crippen LogP contribution in [-0.2, 0) is 13.2 Å². The number of hydrogen-bond donors (Lipinski definition) is 3. The van der Waals surface area contributed by atoms with E-state index in [1.807, 2.05) is 60.7 Å². The van der Waals surface area contributed by atoms with Crippen LogP contribution in [0.5, 0.6) is 17.2 Å². The smallest absolute Gasteiger partial charge is 0.231 e. The van der Waals surface area contributed by atoms with Gasteiger partial charge in [-0.2, -0.15) is 0 Å². The molecule has 0 bridgehead atoms. The summed E-state index contributed by atoms with van der Waals surface area (Å²) < 4.78 is 16.8. The third-order valence-corrected chi connectivity index (χ3v) is 6.36. The van der Waals surface area contributed by atoms with Gasteiger partial charge in [-0.15, -0.1) is 0 Å². The van der Waals surface area contributed by atoms with Gasteiger partial charge in [0.15, 0.2) is 17.5 Å². The average Bonchev–Trinajstić information content (AvgIpc) is 3.37. The first-order chi connectivity index (χ1) is 17.2. The van der Waals surface area contributed by atoms with E-state index < -0.39 is 0 Å². The molecule has 0 spiro atoms. The Morgan fingerprint density at radius 2 is 1.71 bits per heavy atom. The monoisotopic (exact) mass is 472 g/mol. The van der Waals surface area contributed by atoms with Crippen LogP contribution in [0.15, 0.2) is 77.8 Å². The summed E-state index contributed by atoms with van der Waals surface area (Å²) in [5, 5.41) is 7.01. The molecule has 0 unspecified atom stereocenters. The van der Waals surface area contributed by atoms with Gasteiger partial charge >= 0.3 is 0 Å². The fraction of sp³-hybridized carbons (Fsp3) is 0.321. The highest BCUT2D eigenvalue weighted by atomic mass is 16.7. The standard InChI is InChI=1S/C28H32N4O3/c29-24-8-4-5-9-25(24)32-28(30-17-21-10-15-26-27(16-21)35-19-34-26)31-22-11-13-23(14-12-22)33-18-20-6-2-1-3-7-20/h1-3,6-7,10-16,24-25H,4-5,8-9,17-19,29H2,(H2,30,31,32)/t24-,25-/m0/s1. The molecule has 1 saturated carbocycles. The van der Waals surface area contributed by atoms with Crippen molar-refractivity contribution in [1.29, 1.82) is 0 Å². The molecule has 3 aromatic rings. The van der Waals surface area contributed by atoms with Crippen molar-refractivity contribution in [2.45, 2.75) is 50.9 Å². The van der Waals surface area contributed by atoms with Crippen LogP contribution >= 0.6 is 0 Å². The number of fused-ring (bicyclic) bond motifs is 1. The molecule has 2 atom stereocenters. The maximum atomic E-state index is 6.40. The van der Waals surface area contributed by atoms with Gasteiger partial charge in [-0.25, -0.2) is 4.99 Å². The Bertz CT molecular complexity index is 1130. The van der Waals surface area contributed by atoms with Crippen molar-refractivity contribution in [2.75, 3.05) is 12.1 Å². The van der Waals surface area contributed by atoms with Crippen molar-refractivity contribution in [3.05, 3.63) is 83.9 Å². The summed E-state index contributed by atoms with van der Waals surface area (Å²) >= 11 is 0. The molecule has 4 N–H and O–H groups in total. The summed E-state index contributed by atoms with van der Waals surface area (Å²) in [6, 6.07) is 24.3. The van der Waals surface area contributed by atoms with Gasteiger partial charge in [0.2, 0.25) is 6.79 Å². The molecule has 1 aliphatic carbocycles. The number of anilines is 1. The second-order valence-electron chi connectivity index (χ2n) is 8.98. The molecule has 182 valence electrons. The van der Waals surface area contributed by atoms with Crippen molar-refractivity contribution < 1.29 is 14.2 Å². The number of benzene rings is 3. The normalized spacial score (nSPS) is 19.3. The summed E-state index contributed by atoms with van der Waals surface area (Å²) in [5.41, 5.74) is 9.52. The topological polar surface area (TPSA) is 90.1 Å². The van der Waals surface area contributed by atoms with Crippen LogP contribution in [0.3, 0.4) is 0 Å². The number of nitrogens with zero attached hydrogens (tertiary/aromatic N) is 1. The lowest BCUT2D eigenvalue weighted by Crippen LogP contribution is -2.51. The van der Waals surface area contributed by atoms with E-state index in [0.29, 0.717) is 19.1 Å². The van der Waals surface area contributed by atoms with Crippen LogP contribution in [0.25, 0.3) is 0 Å². The van der Waals surface area contributed by atoms with E-state index in [2.05, 4.69) is 22.8 Å². The Morgan fingerprint density at radius 1 is 0.914 bits per heavy atom. The quantitative estimate of drug-likeness (QED) is 0.337. The summed E-state index contributed by atoms with van der Waals surface area (Å²) in [7, 11) is 0. The fourth-order valence-corrected chi connectivity index (χ4v) is 4.36. The molecule has 5 rings (SSSR count). The van der Waals surface area contributed by atoms with E-state index in [4.69, 9.17) is 24.9 Å². The molecule has 0 saturated heterocycles. The van der Waals surface area contributed by atoms with Crippen molar-refractivity contribution >= 4 is 11.6 Å². The third kappa shape index (κ3) is 6.25. The number of aliphatic imine (C=N–C) groups is 1. The van der Waals surface area contributed by atoms with Gasteiger partial charge in [0.05, 0.1) is 6.54 Å². The average molecular weight is 473 g/mol. The zero-order valence-corrected chi connectivity index (χ0v) is 19.8. The van der Waals surface area contributed by atoms with Gasteiger partial charge in [0, 0.05) is 17.8 Å². The Balaban J connectivity index is 1.26. The van der Waals surface area contributed by atoms with E-state index in [9.17, 15) is 0 Å².